The Morgan fingerprint density at radius 3 is 2.68 bits per heavy atom. The zero-order chi connectivity index (χ0) is 15.6. The fourth-order valence-electron chi connectivity index (χ4n) is 6.13. The number of allylic oxidation sites excluding steroid dienone is 1. The number of fused-ring (bicyclic) bond motifs is 5. The van der Waals surface area contributed by atoms with E-state index < -0.39 is 5.41 Å². The summed E-state index contributed by atoms with van der Waals surface area (Å²) in [7, 11) is 0. The van der Waals surface area contributed by atoms with Gasteiger partial charge in [0.15, 0.2) is 5.78 Å². The van der Waals surface area contributed by atoms with Crippen molar-refractivity contribution in [3.05, 3.63) is 11.6 Å². The van der Waals surface area contributed by atoms with Gasteiger partial charge < -0.3 is 0 Å². The maximum Gasteiger partial charge on any atom is 0.155 e. The summed E-state index contributed by atoms with van der Waals surface area (Å²) in [6.07, 6.45) is 6.21. The average molecular weight is 300 g/mol. The molecule has 3 nitrogen and oxygen atoms in total. The molecule has 3 heteroatoms. The Morgan fingerprint density at radius 2 is 1.91 bits per heavy atom. The van der Waals surface area contributed by atoms with Crippen LogP contribution in [0.5, 0.6) is 0 Å². The highest BCUT2D eigenvalue weighted by Crippen LogP contribution is 2.60. The topological polar surface area (TPSA) is 51.2 Å². The van der Waals surface area contributed by atoms with Crippen LogP contribution in [0.15, 0.2) is 11.6 Å². The Kier molecular flexibility index (Phi) is 3.02. The molecular weight excluding hydrogens is 276 g/mol. The molecule has 0 aromatic carbocycles. The van der Waals surface area contributed by atoms with Crippen LogP contribution >= 0.6 is 0 Å². The molecule has 0 radical (unpaired) electrons. The molecule has 0 unspecified atom stereocenters. The van der Waals surface area contributed by atoms with Gasteiger partial charge in [0.2, 0.25) is 0 Å². The Hall–Kier alpha value is -1.25. The van der Waals surface area contributed by atoms with Gasteiger partial charge in [-0.15, -0.1) is 0 Å². The monoisotopic (exact) mass is 300 g/mol. The number of carbonyl (C=O) groups is 3. The summed E-state index contributed by atoms with van der Waals surface area (Å²) in [5, 5.41) is 0. The summed E-state index contributed by atoms with van der Waals surface area (Å²) in [6.45, 7) is 4.25. The van der Waals surface area contributed by atoms with E-state index in [4.69, 9.17) is 0 Å². The van der Waals surface area contributed by atoms with Crippen LogP contribution in [0.4, 0.5) is 0 Å². The molecule has 0 heterocycles. The summed E-state index contributed by atoms with van der Waals surface area (Å²) in [5.74, 6) is 2.26. The molecule has 0 bridgehead atoms. The van der Waals surface area contributed by atoms with Crippen molar-refractivity contribution in [2.24, 2.45) is 35.0 Å². The minimum Gasteiger partial charge on any atom is -0.299 e. The lowest BCUT2D eigenvalue weighted by molar-refractivity contribution is -0.148. The predicted molar refractivity (Wildman–Crippen MR) is 82.0 cm³/mol. The molecular formula is C19H24O3. The lowest BCUT2D eigenvalue weighted by atomic mass is 9.49. The lowest BCUT2D eigenvalue weighted by Gasteiger charge is -2.53. The molecule has 6 atom stereocenters. The minimum atomic E-state index is -0.405. The Morgan fingerprint density at radius 1 is 1.14 bits per heavy atom. The van der Waals surface area contributed by atoms with E-state index in [1.54, 1.807) is 0 Å². The van der Waals surface area contributed by atoms with Crippen molar-refractivity contribution in [1.29, 1.82) is 0 Å². The summed E-state index contributed by atoms with van der Waals surface area (Å²) >= 11 is 0. The van der Waals surface area contributed by atoms with Crippen LogP contribution < -0.4 is 0 Å². The normalized spacial score (nSPS) is 47.6. The van der Waals surface area contributed by atoms with Gasteiger partial charge >= 0.3 is 0 Å². The summed E-state index contributed by atoms with van der Waals surface area (Å²) in [4.78, 5) is 37.1. The van der Waals surface area contributed by atoms with Crippen LogP contribution in [0.25, 0.3) is 0 Å². The van der Waals surface area contributed by atoms with E-state index in [-0.39, 0.29) is 23.4 Å². The number of ketones is 3. The van der Waals surface area contributed by atoms with Gasteiger partial charge in [0, 0.05) is 30.6 Å². The number of rotatable bonds is 0. The second-order valence-corrected chi connectivity index (χ2v) is 8.24. The second-order valence-electron chi connectivity index (χ2n) is 8.24. The van der Waals surface area contributed by atoms with E-state index in [0.29, 0.717) is 42.8 Å². The average Bonchev–Trinajstić information content (AvgIpc) is 2.74. The molecule has 0 aliphatic heterocycles. The summed E-state index contributed by atoms with van der Waals surface area (Å²) in [5.41, 5.74) is 0.810. The van der Waals surface area contributed by atoms with Gasteiger partial charge in [-0.25, -0.2) is 0 Å². The molecule has 3 fully saturated rings. The van der Waals surface area contributed by atoms with E-state index in [2.05, 4.69) is 6.92 Å². The Balaban J connectivity index is 1.76. The van der Waals surface area contributed by atoms with E-state index in [9.17, 15) is 14.4 Å². The highest BCUT2D eigenvalue weighted by molar-refractivity contribution is 5.96. The van der Waals surface area contributed by atoms with Crippen LogP contribution in [0.3, 0.4) is 0 Å². The van der Waals surface area contributed by atoms with Gasteiger partial charge in [-0.3, -0.25) is 14.4 Å². The summed E-state index contributed by atoms with van der Waals surface area (Å²) < 4.78 is 0. The van der Waals surface area contributed by atoms with Crippen molar-refractivity contribution < 1.29 is 14.4 Å². The first-order valence-electron chi connectivity index (χ1n) is 8.71. The maximum atomic E-state index is 12.9. The Bertz CT molecular complexity index is 602. The van der Waals surface area contributed by atoms with Crippen LogP contribution in [0, 0.1) is 35.0 Å². The van der Waals surface area contributed by atoms with E-state index in [0.717, 1.165) is 19.3 Å². The standard InChI is InChI=1S/C19H24O3/c1-10-7-11-8-12(20)3-4-13(11)18-15(21)9-19(2)14(17(10)18)5-6-16(19)22/h8,10,13-14,17-18H,3-7,9H2,1-2H3/t10-,13+,14+,17+,18+,19+/m1/s1. The number of hydrogen-bond donors (Lipinski definition) is 0. The highest BCUT2D eigenvalue weighted by atomic mass is 16.1. The highest BCUT2D eigenvalue weighted by Gasteiger charge is 2.60. The van der Waals surface area contributed by atoms with Gasteiger partial charge in [0.05, 0.1) is 0 Å². The largest absolute Gasteiger partial charge is 0.299 e. The first-order chi connectivity index (χ1) is 10.4. The molecule has 3 saturated carbocycles. The molecule has 0 N–H and O–H groups in total. The number of Topliss-reactive ketones (excluding diaryl/α,β-unsaturated/α-hetero) is 2. The molecule has 0 spiro atoms. The van der Waals surface area contributed by atoms with Gasteiger partial charge in [0.1, 0.15) is 11.6 Å². The molecule has 0 aromatic heterocycles. The fraction of sp³-hybridized carbons (Fsp3) is 0.737. The van der Waals surface area contributed by atoms with Crippen LogP contribution in [0.2, 0.25) is 0 Å². The van der Waals surface area contributed by atoms with E-state index in [1.165, 1.54) is 5.57 Å². The third-order valence-electron chi connectivity index (χ3n) is 7.10. The smallest absolute Gasteiger partial charge is 0.155 e. The molecule has 0 saturated heterocycles. The van der Waals surface area contributed by atoms with Gasteiger partial charge in [0.25, 0.3) is 0 Å². The SMILES string of the molecule is C[C@@H]1CC2=CC(=O)CC[C@@H]2[C@H]2C(=O)C[C@]3(C)C(=O)CC[C@H]3[C@@H]21. The molecule has 0 aromatic rings. The maximum absolute atomic E-state index is 12.9. The van der Waals surface area contributed by atoms with E-state index >= 15 is 0 Å². The third kappa shape index (κ3) is 1.77. The van der Waals surface area contributed by atoms with Gasteiger partial charge in [-0.1, -0.05) is 19.4 Å². The molecule has 0 amide bonds. The molecule has 4 aliphatic rings. The van der Waals surface area contributed by atoms with Gasteiger partial charge in [-0.05, 0) is 49.0 Å². The predicted octanol–water partition coefficient (Wildman–Crippen LogP) is 3.12. The van der Waals surface area contributed by atoms with Crippen LogP contribution in [-0.4, -0.2) is 17.3 Å². The summed E-state index contributed by atoms with van der Waals surface area (Å²) in [6, 6.07) is 0. The minimum absolute atomic E-state index is 0.0621. The zero-order valence-electron chi connectivity index (χ0n) is 13.4. The van der Waals surface area contributed by atoms with Crippen LogP contribution in [0.1, 0.15) is 52.4 Å². The lowest BCUT2D eigenvalue weighted by Crippen LogP contribution is -2.53. The third-order valence-corrected chi connectivity index (χ3v) is 7.10. The zero-order valence-corrected chi connectivity index (χ0v) is 13.4. The van der Waals surface area contributed by atoms with Crippen molar-refractivity contribution in [2.75, 3.05) is 0 Å². The quantitative estimate of drug-likeness (QED) is 0.690. The number of hydrogen-bond acceptors (Lipinski definition) is 3. The van der Waals surface area contributed by atoms with Crippen molar-refractivity contribution in [1.82, 2.24) is 0 Å². The fourth-order valence-corrected chi connectivity index (χ4v) is 6.13. The molecule has 4 rings (SSSR count). The number of carbonyl (C=O) groups excluding carboxylic acids is 3. The first-order valence-corrected chi connectivity index (χ1v) is 8.71. The molecule has 118 valence electrons. The Labute approximate surface area is 131 Å². The second kappa shape index (κ2) is 4.62. The first kappa shape index (κ1) is 14.3. The van der Waals surface area contributed by atoms with Crippen LogP contribution in [-0.2, 0) is 14.4 Å². The molecule has 4 aliphatic carbocycles. The molecule has 22 heavy (non-hydrogen) atoms. The van der Waals surface area contributed by atoms with Crippen molar-refractivity contribution >= 4 is 17.3 Å². The van der Waals surface area contributed by atoms with Crippen molar-refractivity contribution in [3.63, 3.8) is 0 Å². The van der Waals surface area contributed by atoms with E-state index in [1.807, 2.05) is 13.0 Å². The van der Waals surface area contributed by atoms with Gasteiger partial charge in [-0.2, -0.15) is 0 Å². The van der Waals surface area contributed by atoms with Crippen molar-refractivity contribution in [3.8, 4) is 0 Å². The van der Waals surface area contributed by atoms with Crippen molar-refractivity contribution in [2.45, 2.75) is 52.4 Å².